The number of carbonyl (C=O) groups is 1. The molecule has 0 radical (unpaired) electrons. The molecule has 0 spiro atoms. The van der Waals surface area contributed by atoms with Crippen molar-refractivity contribution < 1.29 is 14.3 Å². The average molecular weight is 455 g/mol. The Morgan fingerprint density at radius 2 is 1.79 bits per heavy atom. The maximum absolute atomic E-state index is 12.9. The summed E-state index contributed by atoms with van der Waals surface area (Å²) >= 11 is 3.75. The molecule has 2 rings (SSSR count). The maximum atomic E-state index is 12.9. The molecule has 0 aliphatic carbocycles. The second-order valence-electron chi connectivity index (χ2n) is 9.37. The van der Waals surface area contributed by atoms with Gasteiger partial charge in [0.25, 0.3) is 0 Å². The van der Waals surface area contributed by atoms with Crippen LogP contribution in [0.1, 0.15) is 77.4 Å². The monoisotopic (exact) mass is 454 g/mol. The molecule has 0 bridgehead atoms. The molecule has 2 heterocycles. The van der Waals surface area contributed by atoms with E-state index in [-0.39, 0.29) is 5.97 Å². The van der Waals surface area contributed by atoms with Crippen LogP contribution in [0.2, 0.25) is 0 Å². The van der Waals surface area contributed by atoms with E-state index in [1.165, 1.54) is 0 Å². The molecule has 0 saturated carbocycles. The Hall–Kier alpha value is -1.14. The third-order valence-corrected chi connectivity index (χ3v) is 6.12. The zero-order chi connectivity index (χ0) is 21.3. The molecular weight excluding hydrogens is 420 g/mol. The van der Waals surface area contributed by atoms with Crippen molar-refractivity contribution in [2.45, 2.75) is 79.9 Å². The number of nitrogens with zero attached hydrogens (tertiary/aromatic N) is 2. The van der Waals surface area contributed by atoms with Crippen LogP contribution in [0.25, 0.3) is 0 Å². The van der Waals surface area contributed by atoms with Crippen molar-refractivity contribution >= 4 is 27.6 Å². The lowest BCUT2D eigenvalue weighted by atomic mass is 9.82. The Kier molecular flexibility index (Phi) is 7.19. The van der Waals surface area contributed by atoms with E-state index in [0.29, 0.717) is 12.0 Å². The number of halogens is 1. The number of hydrogen-bond donors (Lipinski definition) is 0. The number of rotatable bonds is 5. The topological polar surface area (TPSA) is 51.7 Å². The molecule has 0 amide bonds. The highest BCUT2D eigenvalue weighted by Crippen LogP contribution is 2.43. The molecular formula is C22H35BrN2O3. The van der Waals surface area contributed by atoms with E-state index < -0.39 is 11.7 Å². The van der Waals surface area contributed by atoms with Crippen molar-refractivity contribution in [3.05, 3.63) is 21.4 Å². The molecule has 1 aliphatic rings. The lowest BCUT2D eigenvalue weighted by molar-refractivity contribution is -0.166. The van der Waals surface area contributed by atoms with E-state index in [2.05, 4.69) is 39.7 Å². The SMILES string of the molecule is CCOC(=O)C(OC(C)(C)C)c1c(C)nc(C)c(Br)c1N1CCC(C)(C)CC1. The highest BCUT2D eigenvalue weighted by molar-refractivity contribution is 9.10. The van der Waals surface area contributed by atoms with Crippen LogP contribution >= 0.6 is 15.9 Å². The number of esters is 1. The van der Waals surface area contributed by atoms with E-state index in [1.54, 1.807) is 0 Å². The average Bonchev–Trinajstić information content (AvgIpc) is 2.56. The molecule has 1 aliphatic heterocycles. The van der Waals surface area contributed by atoms with Crippen LogP contribution in [0.4, 0.5) is 5.69 Å². The summed E-state index contributed by atoms with van der Waals surface area (Å²) in [4.78, 5) is 20.0. The third kappa shape index (κ3) is 5.47. The molecule has 1 aromatic rings. The summed E-state index contributed by atoms with van der Waals surface area (Å²) in [5.41, 5.74) is 3.39. The van der Waals surface area contributed by atoms with Gasteiger partial charge in [0, 0.05) is 24.3 Å². The van der Waals surface area contributed by atoms with Crippen molar-refractivity contribution in [3.63, 3.8) is 0 Å². The number of aryl methyl sites for hydroxylation is 2. The molecule has 0 N–H and O–H groups in total. The lowest BCUT2D eigenvalue weighted by Crippen LogP contribution is -2.39. The molecule has 1 aromatic heterocycles. The fraction of sp³-hybridized carbons (Fsp3) is 0.727. The van der Waals surface area contributed by atoms with Crippen molar-refractivity contribution in [1.82, 2.24) is 4.98 Å². The van der Waals surface area contributed by atoms with E-state index in [4.69, 9.17) is 9.47 Å². The van der Waals surface area contributed by atoms with Gasteiger partial charge in [-0.1, -0.05) is 13.8 Å². The minimum atomic E-state index is -0.811. The minimum absolute atomic E-state index is 0.315. The number of aromatic nitrogens is 1. The number of carbonyl (C=O) groups excluding carboxylic acids is 1. The lowest BCUT2D eigenvalue weighted by Gasteiger charge is -2.40. The zero-order valence-corrected chi connectivity index (χ0v) is 20.2. The van der Waals surface area contributed by atoms with Crippen molar-refractivity contribution in [3.8, 4) is 0 Å². The summed E-state index contributed by atoms with van der Waals surface area (Å²) in [5, 5.41) is 0. The van der Waals surface area contributed by atoms with E-state index >= 15 is 0 Å². The summed E-state index contributed by atoms with van der Waals surface area (Å²) in [5.74, 6) is -0.364. The van der Waals surface area contributed by atoms with Crippen LogP contribution < -0.4 is 4.90 Å². The Bertz CT molecular complexity index is 715. The standard InChI is InChI=1S/C22H35BrN2O3/c1-9-27-20(26)19(28-21(4,5)6)16-14(2)24-15(3)17(23)18(16)25-12-10-22(7,8)11-13-25/h19H,9-13H2,1-8H3. The molecule has 1 unspecified atom stereocenters. The Morgan fingerprint density at radius 1 is 1.21 bits per heavy atom. The van der Waals surface area contributed by atoms with Crippen LogP contribution in [-0.4, -0.2) is 36.3 Å². The first-order chi connectivity index (χ1) is 12.9. The van der Waals surface area contributed by atoms with Gasteiger partial charge < -0.3 is 14.4 Å². The molecule has 1 fully saturated rings. The first kappa shape index (κ1) is 23.1. The second kappa shape index (κ2) is 8.70. The quantitative estimate of drug-likeness (QED) is 0.549. The number of anilines is 1. The van der Waals surface area contributed by atoms with Gasteiger partial charge in [-0.3, -0.25) is 4.98 Å². The highest BCUT2D eigenvalue weighted by atomic mass is 79.9. The van der Waals surface area contributed by atoms with E-state index in [0.717, 1.165) is 53.0 Å². The van der Waals surface area contributed by atoms with E-state index in [9.17, 15) is 4.79 Å². The Labute approximate surface area is 178 Å². The summed E-state index contributed by atoms with van der Waals surface area (Å²) in [6.45, 7) is 18.4. The smallest absolute Gasteiger partial charge is 0.340 e. The van der Waals surface area contributed by atoms with Crippen molar-refractivity contribution in [2.75, 3.05) is 24.6 Å². The number of ether oxygens (including phenoxy) is 2. The second-order valence-corrected chi connectivity index (χ2v) is 10.2. The Morgan fingerprint density at radius 3 is 2.29 bits per heavy atom. The van der Waals surface area contributed by atoms with Gasteiger partial charge in [-0.05, 0) is 75.7 Å². The predicted octanol–water partition coefficient (Wildman–Crippen LogP) is 5.51. The number of piperidine rings is 1. The molecule has 1 saturated heterocycles. The van der Waals surface area contributed by atoms with Gasteiger partial charge in [-0.2, -0.15) is 0 Å². The molecule has 0 aromatic carbocycles. The maximum Gasteiger partial charge on any atom is 0.340 e. The summed E-state index contributed by atoms with van der Waals surface area (Å²) in [7, 11) is 0. The minimum Gasteiger partial charge on any atom is -0.464 e. The van der Waals surface area contributed by atoms with Gasteiger partial charge in [-0.25, -0.2) is 4.79 Å². The predicted molar refractivity (Wildman–Crippen MR) is 117 cm³/mol. The Balaban J connectivity index is 2.60. The van der Waals surface area contributed by atoms with Crippen LogP contribution in [-0.2, 0) is 14.3 Å². The van der Waals surface area contributed by atoms with Crippen LogP contribution in [0.15, 0.2) is 4.47 Å². The van der Waals surface area contributed by atoms with Gasteiger partial charge in [0.2, 0.25) is 0 Å². The molecule has 6 heteroatoms. The van der Waals surface area contributed by atoms with Crippen LogP contribution in [0.5, 0.6) is 0 Å². The number of pyridine rings is 1. The first-order valence-corrected chi connectivity index (χ1v) is 10.9. The molecule has 28 heavy (non-hydrogen) atoms. The first-order valence-electron chi connectivity index (χ1n) is 10.1. The van der Waals surface area contributed by atoms with Gasteiger partial charge in [0.15, 0.2) is 6.10 Å². The van der Waals surface area contributed by atoms with Gasteiger partial charge in [0.05, 0.1) is 28.1 Å². The molecule has 5 nitrogen and oxygen atoms in total. The van der Waals surface area contributed by atoms with Gasteiger partial charge in [0.1, 0.15) is 0 Å². The van der Waals surface area contributed by atoms with Crippen LogP contribution in [0, 0.1) is 19.3 Å². The fourth-order valence-electron chi connectivity index (χ4n) is 3.58. The normalized spacial score (nSPS) is 18.1. The van der Waals surface area contributed by atoms with Gasteiger partial charge >= 0.3 is 5.97 Å². The highest BCUT2D eigenvalue weighted by Gasteiger charge is 2.36. The largest absolute Gasteiger partial charge is 0.464 e. The fourth-order valence-corrected chi connectivity index (χ4v) is 4.13. The third-order valence-electron chi connectivity index (χ3n) is 5.17. The van der Waals surface area contributed by atoms with Crippen molar-refractivity contribution in [1.29, 1.82) is 0 Å². The van der Waals surface area contributed by atoms with Crippen LogP contribution in [0.3, 0.4) is 0 Å². The summed E-state index contributed by atoms with van der Waals surface area (Å²) in [6.07, 6.45) is 1.39. The zero-order valence-electron chi connectivity index (χ0n) is 18.6. The summed E-state index contributed by atoms with van der Waals surface area (Å²) < 4.78 is 12.5. The van der Waals surface area contributed by atoms with E-state index in [1.807, 2.05) is 41.5 Å². The van der Waals surface area contributed by atoms with Gasteiger partial charge in [-0.15, -0.1) is 0 Å². The molecule has 1 atom stereocenters. The summed E-state index contributed by atoms with van der Waals surface area (Å²) in [6, 6.07) is 0. The van der Waals surface area contributed by atoms with Crippen molar-refractivity contribution in [2.24, 2.45) is 5.41 Å². The number of hydrogen-bond acceptors (Lipinski definition) is 5. The molecule has 158 valence electrons.